The van der Waals surface area contributed by atoms with Crippen molar-refractivity contribution < 1.29 is 9.90 Å². The van der Waals surface area contributed by atoms with Gasteiger partial charge in [0, 0.05) is 51.9 Å². The standard InChI is InChI=1S/C19H26N4O2/c1-16-13-20-23(14-16)8-7-19(25)22-11-9-21(10-12-22)15-18(24)17-5-3-2-4-6-17/h2-6,13-14,18,24H,7-12,15H2,1H3/t18-/m1/s1. The van der Waals surface area contributed by atoms with Gasteiger partial charge in [0.15, 0.2) is 0 Å². The third kappa shape index (κ3) is 4.90. The van der Waals surface area contributed by atoms with Gasteiger partial charge in [0.1, 0.15) is 0 Å². The van der Waals surface area contributed by atoms with E-state index in [0.717, 1.165) is 37.3 Å². The predicted molar refractivity (Wildman–Crippen MR) is 96.0 cm³/mol. The van der Waals surface area contributed by atoms with E-state index in [1.165, 1.54) is 0 Å². The lowest BCUT2D eigenvalue weighted by Crippen LogP contribution is -2.49. The third-order valence-corrected chi connectivity index (χ3v) is 4.66. The molecule has 25 heavy (non-hydrogen) atoms. The molecule has 6 nitrogen and oxygen atoms in total. The van der Waals surface area contributed by atoms with E-state index in [2.05, 4.69) is 10.00 Å². The molecule has 1 aliphatic rings. The first-order chi connectivity index (χ1) is 12.1. The quantitative estimate of drug-likeness (QED) is 0.863. The number of aryl methyl sites for hydroxylation is 2. The summed E-state index contributed by atoms with van der Waals surface area (Å²) >= 11 is 0. The Bertz CT molecular complexity index is 678. The number of aliphatic hydroxyl groups excluding tert-OH is 1. The number of carbonyl (C=O) groups is 1. The first-order valence-electron chi connectivity index (χ1n) is 8.84. The fourth-order valence-electron chi connectivity index (χ4n) is 3.16. The maximum Gasteiger partial charge on any atom is 0.224 e. The lowest BCUT2D eigenvalue weighted by molar-refractivity contribution is -0.133. The molecule has 1 aromatic heterocycles. The van der Waals surface area contributed by atoms with Gasteiger partial charge in [0.05, 0.1) is 12.3 Å². The number of benzene rings is 1. The Morgan fingerprint density at radius 3 is 2.56 bits per heavy atom. The zero-order valence-electron chi connectivity index (χ0n) is 14.7. The average molecular weight is 342 g/mol. The minimum absolute atomic E-state index is 0.177. The van der Waals surface area contributed by atoms with E-state index in [9.17, 15) is 9.90 Å². The highest BCUT2D eigenvalue weighted by molar-refractivity contribution is 5.76. The number of carbonyl (C=O) groups excluding carboxylic acids is 1. The van der Waals surface area contributed by atoms with Crippen LogP contribution in [0.1, 0.15) is 23.7 Å². The van der Waals surface area contributed by atoms with Crippen molar-refractivity contribution in [3.05, 3.63) is 53.9 Å². The summed E-state index contributed by atoms with van der Waals surface area (Å²) < 4.78 is 1.82. The Morgan fingerprint density at radius 2 is 1.92 bits per heavy atom. The van der Waals surface area contributed by atoms with Gasteiger partial charge in [-0.1, -0.05) is 30.3 Å². The molecule has 2 aromatic rings. The monoisotopic (exact) mass is 342 g/mol. The third-order valence-electron chi connectivity index (χ3n) is 4.66. The highest BCUT2D eigenvalue weighted by Gasteiger charge is 2.22. The minimum atomic E-state index is -0.480. The molecular formula is C19H26N4O2. The van der Waals surface area contributed by atoms with Gasteiger partial charge in [-0.05, 0) is 18.1 Å². The van der Waals surface area contributed by atoms with Crippen LogP contribution in [-0.2, 0) is 11.3 Å². The fourth-order valence-corrected chi connectivity index (χ4v) is 3.16. The van der Waals surface area contributed by atoms with E-state index < -0.39 is 6.10 Å². The summed E-state index contributed by atoms with van der Waals surface area (Å²) in [5.74, 6) is 0.177. The van der Waals surface area contributed by atoms with Crippen molar-refractivity contribution in [1.82, 2.24) is 19.6 Å². The zero-order valence-corrected chi connectivity index (χ0v) is 14.7. The van der Waals surface area contributed by atoms with Gasteiger partial charge in [-0.3, -0.25) is 14.4 Å². The van der Waals surface area contributed by atoms with Gasteiger partial charge in [-0.15, -0.1) is 0 Å². The Balaban J connectivity index is 1.41. The number of nitrogens with zero attached hydrogens (tertiary/aromatic N) is 4. The molecule has 134 valence electrons. The normalized spacial score (nSPS) is 16.8. The van der Waals surface area contributed by atoms with Crippen LogP contribution in [0.4, 0.5) is 0 Å². The predicted octanol–water partition coefficient (Wildman–Crippen LogP) is 1.46. The van der Waals surface area contributed by atoms with Crippen LogP contribution in [-0.4, -0.2) is 63.3 Å². The number of rotatable bonds is 6. The molecule has 1 aromatic carbocycles. The van der Waals surface area contributed by atoms with Crippen LogP contribution in [0.2, 0.25) is 0 Å². The molecule has 0 bridgehead atoms. The van der Waals surface area contributed by atoms with Crippen molar-refractivity contribution in [2.45, 2.75) is 26.0 Å². The van der Waals surface area contributed by atoms with Gasteiger partial charge >= 0.3 is 0 Å². The Kier molecular flexibility index (Phi) is 5.83. The molecular weight excluding hydrogens is 316 g/mol. The first kappa shape index (κ1) is 17.6. The number of aromatic nitrogens is 2. The maximum atomic E-state index is 12.3. The lowest BCUT2D eigenvalue weighted by atomic mass is 10.1. The van der Waals surface area contributed by atoms with Crippen LogP contribution in [0.15, 0.2) is 42.7 Å². The summed E-state index contributed by atoms with van der Waals surface area (Å²) in [5, 5.41) is 14.5. The number of β-amino-alcohol motifs (C(OH)–C–C–N with tert-alkyl or cyclic N) is 1. The van der Waals surface area contributed by atoms with Crippen LogP contribution in [0.3, 0.4) is 0 Å². The van der Waals surface area contributed by atoms with Gasteiger partial charge < -0.3 is 10.0 Å². The second kappa shape index (κ2) is 8.27. The SMILES string of the molecule is Cc1cnn(CCC(=O)N2CCN(C[C@@H](O)c3ccccc3)CC2)c1. The molecule has 6 heteroatoms. The van der Waals surface area contributed by atoms with E-state index in [1.807, 2.05) is 53.0 Å². The fraction of sp³-hybridized carbons (Fsp3) is 0.474. The number of aliphatic hydroxyl groups is 1. The summed E-state index contributed by atoms with van der Waals surface area (Å²) in [5.41, 5.74) is 2.05. The molecule has 1 fully saturated rings. The highest BCUT2D eigenvalue weighted by Crippen LogP contribution is 2.15. The van der Waals surface area contributed by atoms with Crippen LogP contribution >= 0.6 is 0 Å². The van der Waals surface area contributed by atoms with Crippen molar-refractivity contribution in [3.8, 4) is 0 Å². The summed E-state index contributed by atoms with van der Waals surface area (Å²) in [7, 11) is 0. The molecule has 1 atom stereocenters. The molecule has 1 N–H and O–H groups in total. The maximum absolute atomic E-state index is 12.3. The Hall–Kier alpha value is -2.18. The number of hydrogen-bond donors (Lipinski definition) is 1. The van der Waals surface area contributed by atoms with Crippen molar-refractivity contribution in [2.75, 3.05) is 32.7 Å². The molecule has 1 amide bonds. The molecule has 0 saturated carbocycles. The number of amides is 1. The van der Waals surface area contributed by atoms with E-state index in [4.69, 9.17) is 0 Å². The molecule has 0 radical (unpaired) electrons. The Labute approximate surface area is 148 Å². The minimum Gasteiger partial charge on any atom is -0.387 e. The number of piperazine rings is 1. The second-order valence-corrected chi connectivity index (χ2v) is 6.64. The summed E-state index contributed by atoms with van der Waals surface area (Å²) in [6.07, 6.45) is 3.76. The van der Waals surface area contributed by atoms with Gasteiger partial charge in [-0.2, -0.15) is 5.10 Å². The number of hydrogen-bond acceptors (Lipinski definition) is 4. The summed E-state index contributed by atoms with van der Waals surface area (Å²) in [4.78, 5) is 16.5. The highest BCUT2D eigenvalue weighted by atomic mass is 16.3. The van der Waals surface area contributed by atoms with E-state index in [-0.39, 0.29) is 5.91 Å². The lowest BCUT2D eigenvalue weighted by Gasteiger charge is -2.35. The van der Waals surface area contributed by atoms with Crippen LogP contribution in [0, 0.1) is 6.92 Å². The molecule has 1 saturated heterocycles. The molecule has 1 aliphatic heterocycles. The summed E-state index contributed by atoms with van der Waals surface area (Å²) in [6, 6.07) is 9.72. The van der Waals surface area contributed by atoms with Crippen molar-refractivity contribution >= 4 is 5.91 Å². The largest absolute Gasteiger partial charge is 0.387 e. The molecule has 3 rings (SSSR count). The molecule has 0 spiro atoms. The van der Waals surface area contributed by atoms with Crippen molar-refractivity contribution in [3.63, 3.8) is 0 Å². The van der Waals surface area contributed by atoms with Gasteiger partial charge in [-0.25, -0.2) is 0 Å². The topological polar surface area (TPSA) is 61.6 Å². The van der Waals surface area contributed by atoms with Crippen LogP contribution in [0.25, 0.3) is 0 Å². The van der Waals surface area contributed by atoms with Crippen molar-refractivity contribution in [1.29, 1.82) is 0 Å². The molecule has 0 unspecified atom stereocenters. The molecule has 0 aliphatic carbocycles. The molecule has 2 heterocycles. The average Bonchev–Trinajstić information content (AvgIpc) is 3.06. The first-order valence-corrected chi connectivity index (χ1v) is 8.84. The Morgan fingerprint density at radius 1 is 1.20 bits per heavy atom. The van der Waals surface area contributed by atoms with Gasteiger partial charge in [0.25, 0.3) is 0 Å². The van der Waals surface area contributed by atoms with Crippen molar-refractivity contribution in [2.24, 2.45) is 0 Å². The van der Waals surface area contributed by atoms with E-state index >= 15 is 0 Å². The zero-order chi connectivity index (χ0) is 17.6. The second-order valence-electron chi connectivity index (χ2n) is 6.64. The van der Waals surface area contributed by atoms with Crippen LogP contribution < -0.4 is 0 Å². The van der Waals surface area contributed by atoms with Gasteiger partial charge in [0.2, 0.25) is 5.91 Å². The smallest absolute Gasteiger partial charge is 0.224 e. The van der Waals surface area contributed by atoms with E-state index in [0.29, 0.717) is 19.5 Å². The van der Waals surface area contributed by atoms with E-state index in [1.54, 1.807) is 6.20 Å². The summed E-state index contributed by atoms with van der Waals surface area (Å²) in [6.45, 7) is 6.27. The van der Waals surface area contributed by atoms with Crippen LogP contribution in [0.5, 0.6) is 0 Å².